The summed E-state index contributed by atoms with van der Waals surface area (Å²) < 4.78 is 40.3. The third kappa shape index (κ3) is 3.81. The zero-order valence-corrected chi connectivity index (χ0v) is 16.7. The number of benzene rings is 2. The van der Waals surface area contributed by atoms with Crippen LogP contribution in [0.1, 0.15) is 18.8 Å². The highest BCUT2D eigenvalue weighted by Gasteiger charge is 2.31. The second kappa shape index (κ2) is 7.66. The Morgan fingerprint density at radius 2 is 1.79 bits per heavy atom. The highest BCUT2D eigenvalue weighted by Crippen LogP contribution is 2.23. The van der Waals surface area contributed by atoms with Crippen LogP contribution in [0.3, 0.4) is 0 Å². The molecule has 29 heavy (non-hydrogen) atoms. The number of nitrogens with one attached hydrogen (secondary N) is 1. The summed E-state index contributed by atoms with van der Waals surface area (Å²) in [6.07, 6.45) is 0. The van der Waals surface area contributed by atoms with Gasteiger partial charge in [0.15, 0.2) is 0 Å². The van der Waals surface area contributed by atoms with Crippen molar-refractivity contribution < 1.29 is 12.8 Å². The summed E-state index contributed by atoms with van der Waals surface area (Å²) in [6.45, 7) is 3.45. The van der Waals surface area contributed by atoms with Crippen LogP contribution in [0, 0.1) is 5.82 Å². The lowest BCUT2D eigenvalue weighted by atomic mass is 10.2. The lowest BCUT2D eigenvalue weighted by Gasteiger charge is -2.36. The molecule has 2 heterocycles. The fraction of sp³-hybridized carbons (Fsp3) is 0.300. The van der Waals surface area contributed by atoms with E-state index < -0.39 is 15.8 Å². The smallest absolute Gasteiger partial charge is 0.258 e. The third-order valence-corrected chi connectivity index (χ3v) is 7.18. The summed E-state index contributed by atoms with van der Waals surface area (Å²) in [5.74, 6) is -0.0280. The van der Waals surface area contributed by atoms with Crippen molar-refractivity contribution in [3.05, 3.63) is 70.5 Å². The number of nitrogens with zero attached hydrogens (tertiary/aromatic N) is 3. The lowest BCUT2D eigenvalue weighted by molar-refractivity contribution is 0.141. The molecule has 1 fully saturated rings. The van der Waals surface area contributed by atoms with Gasteiger partial charge < -0.3 is 4.98 Å². The van der Waals surface area contributed by atoms with Crippen LogP contribution in [0.15, 0.2) is 58.2 Å². The van der Waals surface area contributed by atoms with E-state index in [4.69, 9.17) is 0 Å². The molecule has 1 aromatic heterocycles. The van der Waals surface area contributed by atoms with E-state index in [0.29, 0.717) is 29.8 Å². The predicted octanol–water partition coefficient (Wildman–Crippen LogP) is 2.13. The molecule has 1 atom stereocenters. The second-order valence-electron chi connectivity index (χ2n) is 7.04. The fourth-order valence-electron chi connectivity index (χ4n) is 3.58. The van der Waals surface area contributed by atoms with Gasteiger partial charge in [-0.15, -0.1) is 0 Å². The highest BCUT2D eigenvalue weighted by atomic mass is 32.2. The van der Waals surface area contributed by atoms with E-state index in [1.807, 2.05) is 13.0 Å². The number of para-hydroxylation sites is 1. The Morgan fingerprint density at radius 3 is 2.52 bits per heavy atom. The summed E-state index contributed by atoms with van der Waals surface area (Å²) in [4.78, 5) is 21.8. The van der Waals surface area contributed by atoms with Crippen molar-refractivity contribution in [3.8, 4) is 0 Å². The average Bonchev–Trinajstić information content (AvgIpc) is 2.73. The third-order valence-electron chi connectivity index (χ3n) is 5.28. The molecule has 1 saturated heterocycles. The van der Waals surface area contributed by atoms with Crippen LogP contribution >= 0.6 is 0 Å². The van der Waals surface area contributed by atoms with Crippen LogP contribution < -0.4 is 5.56 Å². The van der Waals surface area contributed by atoms with E-state index in [1.54, 1.807) is 18.2 Å². The van der Waals surface area contributed by atoms with E-state index in [-0.39, 0.29) is 29.6 Å². The number of H-pyrrole nitrogens is 1. The first-order chi connectivity index (χ1) is 13.9. The molecule has 1 N–H and O–H groups in total. The van der Waals surface area contributed by atoms with Crippen LogP contribution in [-0.4, -0.2) is 53.8 Å². The fourth-order valence-corrected chi connectivity index (χ4v) is 5.04. The topological polar surface area (TPSA) is 86.4 Å². The number of hydrogen-bond acceptors (Lipinski definition) is 5. The minimum atomic E-state index is -3.74. The number of rotatable bonds is 4. The Bertz CT molecular complexity index is 1200. The Morgan fingerprint density at radius 1 is 1.07 bits per heavy atom. The van der Waals surface area contributed by atoms with Crippen molar-refractivity contribution in [2.75, 3.05) is 26.2 Å². The van der Waals surface area contributed by atoms with Gasteiger partial charge in [0, 0.05) is 26.2 Å². The summed E-state index contributed by atoms with van der Waals surface area (Å²) in [5, 5.41) is 0.537. The normalized spacial score (nSPS) is 17.4. The Balaban J connectivity index is 1.50. The van der Waals surface area contributed by atoms with E-state index in [9.17, 15) is 17.6 Å². The van der Waals surface area contributed by atoms with E-state index in [0.717, 1.165) is 6.07 Å². The standard InChI is InChI=1S/C20H21FN4O3S/c1-14(19-22-18-8-3-2-7-17(18)20(26)23-19)24-9-11-25(12-10-24)29(27,28)16-6-4-5-15(21)13-16/h2-8,13-14H,9-12H2,1H3,(H,22,23,26)/t14-/m0/s1. The zero-order valence-electron chi connectivity index (χ0n) is 15.9. The van der Waals surface area contributed by atoms with Crippen LogP contribution in [0.2, 0.25) is 0 Å². The van der Waals surface area contributed by atoms with Crippen molar-refractivity contribution in [1.82, 2.24) is 19.2 Å². The number of piperazine rings is 1. The van der Waals surface area contributed by atoms with Gasteiger partial charge in [0.05, 0.1) is 21.8 Å². The Hall–Kier alpha value is -2.62. The SMILES string of the molecule is C[C@@H](c1nc2ccccc2c(=O)[nH]1)N1CCN(S(=O)(=O)c2cccc(F)c2)CC1. The van der Waals surface area contributed by atoms with Crippen LogP contribution in [0.4, 0.5) is 4.39 Å². The van der Waals surface area contributed by atoms with Gasteiger partial charge in [0.1, 0.15) is 11.6 Å². The lowest BCUT2D eigenvalue weighted by Crippen LogP contribution is -2.49. The molecule has 4 rings (SSSR count). The van der Waals surface area contributed by atoms with Crippen molar-refractivity contribution >= 4 is 20.9 Å². The molecule has 9 heteroatoms. The molecule has 0 unspecified atom stereocenters. The molecule has 0 amide bonds. The maximum atomic E-state index is 13.4. The Kier molecular flexibility index (Phi) is 5.20. The van der Waals surface area contributed by atoms with Gasteiger partial charge in [-0.2, -0.15) is 4.31 Å². The quantitative estimate of drug-likeness (QED) is 0.704. The van der Waals surface area contributed by atoms with Gasteiger partial charge in [-0.05, 0) is 37.3 Å². The largest absolute Gasteiger partial charge is 0.309 e. The van der Waals surface area contributed by atoms with Crippen LogP contribution in [0.25, 0.3) is 10.9 Å². The second-order valence-corrected chi connectivity index (χ2v) is 8.98. The molecule has 152 valence electrons. The maximum absolute atomic E-state index is 13.4. The molecule has 0 aliphatic carbocycles. The number of hydrogen-bond donors (Lipinski definition) is 1. The molecule has 0 spiro atoms. The first-order valence-electron chi connectivity index (χ1n) is 9.35. The molecule has 2 aromatic carbocycles. The van der Waals surface area contributed by atoms with Crippen LogP contribution in [-0.2, 0) is 10.0 Å². The average molecular weight is 416 g/mol. The maximum Gasteiger partial charge on any atom is 0.258 e. The number of fused-ring (bicyclic) bond motifs is 1. The van der Waals surface area contributed by atoms with E-state index in [1.165, 1.54) is 22.5 Å². The zero-order chi connectivity index (χ0) is 20.6. The Labute approximate surface area is 167 Å². The number of sulfonamides is 1. The van der Waals surface area contributed by atoms with Gasteiger partial charge in [0.25, 0.3) is 5.56 Å². The van der Waals surface area contributed by atoms with Gasteiger partial charge in [-0.25, -0.2) is 17.8 Å². The highest BCUT2D eigenvalue weighted by molar-refractivity contribution is 7.89. The number of aromatic nitrogens is 2. The summed E-state index contributed by atoms with van der Waals surface area (Å²) >= 11 is 0. The minimum absolute atomic E-state index is 0.0421. The summed E-state index contributed by atoms with van der Waals surface area (Å²) in [5.41, 5.74) is 0.440. The first-order valence-corrected chi connectivity index (χ1v) is 10.8. The molecule has 0 bridgehead atoms. The molecular formula is C20H21FN4O3S. The van der Waals surface area contributed by atoms with Crippen molar-refractivity contribution in [2.45, 2.75) is 17.9 Å². The first kappa shape index (κ1) is 19.7. The number of halogens is 1. The summed E-state index contributed by atoms with van der Waals surface area (Å²) in [7, 11) is -3.74. The van der Waals surface area contributed by atoms with Crippen molar-refractivity contribution in [2.24, 2.45) is 0 Å². The molecule has 0 saturated carbocycles. The predicted molar refractivity (Wildman–Crippen MR) is 108 cm³/mol. The molecule has 1 aliphatic heterocycles. The molecule has 0 radical (unpaired) electrons. The van der Waals surface area contributed by atoms with Crippen molar-refractivity contribution in [3.63, 3.8) is 0 Å². The van der Waals surface area contributed by atoms with Crippen molar-refractivity contribution in [1.29, 1.82) is 0 Å². The molecule has 1 aliphatic rings. The van der Waals surface area contributed by atoms with Gasteiger partial charge in [0.2, 0.25) is 10.0 Å². The molecular weight excluding hydrogens is 395 g/mol. The van der Waals surface area contributed by atoms with Gasteiger partial charge in [-0.3, -0.25) is 9.69 Å². The van der Waals surface area contributed by atoms with E-state index >= 15 is 0 Å². The number of aromatic amines is 1. The summed E-state index contributed by atoms with van der Waals surface area (Å²) in [6, 6.07) is 12.0. The molecule has 7 nitrogen and oxygen atoms in total. The molecule has 3 aromatic rings. The van der Waals surface area contributed by atoms with Crippen LogP contribution in [0.5, 0.6) is 0 Å². The monoisotopic (exact) mass is 416 g/mol. The van der Waals surface area contributed by atoms with Gasteiger partial charge in [-0.1, -0.05) is 18.2 Å². The minimum Gasteiger partial charge on any atom is -0.309 e. The van der Waals surface area contributed by atoms with Gasteiger partial charge >= 0.3 is 0 Å². The van der Waals surface area contributed by atoms with E-state index in [2.05, 4.69) is 14.9 Å².